The van der Waals surface area contributed by atoms with Gasteiger partial charge in [-0.2, -0.15) is 13.2 Å². The zero-order valence-corrected chi connectivity index (χ0v) is 19.2. The lowest BCUT2D eigenvalue weighted by atomic mass is 10.1. The molecular formula is C19H25F3N6O2S2. The highest BCUT2D eigenvalue weighted by molar-refractivity contribution is 7.88. The lowest BCUT2D eigenvalue weighted by molar-refractivity contribution is -0.140. The normalized spacial score (nSPS) is 19.4. The largest absolute Gasteiger partial charge is 0.434 e. The molecule has 2 aliphatic rings. The highest BCUT2D eigenvalue weighted by Crippen LogP contribution is 2.42. The quantitative estimate of drug-likeness (QED) is 0.635. The number of alkyl halides is 3. The second-order valence-electron chi connectivity index (χ2n) is 8.17. The van der Waals surface area contributed by atoms with Gasteiger partial charge in [0.15, 0.2) is 10.8 Å². The van der Waals surface area contributed by atoms with Crippen molar-refractivity contribution in [2.24, 2.45) is 0 Å². The van der Waals surface area contributed by atoms with Crippen LogP contribution in [0.25, 0.3) is 10.6 Å². The Labute approximate surface area is 188 Å². The molecule has 0 radical (unpaired) electrons. The molecule has 4 rings (SSSR count). The number of piperidine rings is 1. The Bertz CT molecular complexity index is 1050. The van der Waals surface area contributed by atoms with Gasteiger partial charge in [-0.15, -0.1) is 0 Å². The molecule has 2 aromatic heterocycles. The molecule has 1 saturated carbocycles. The van der Waals surface area contributed by atoms with Crippen molar-refractivity contribution in [1.82, 2.24) is 19.3 Å². The Balaban J connectivity index is 1.51. The monoisotopic (exact) mass is 490 g/mol. The van der Waals surface area contributed by atoms with Gasteiger partial charge in [-0.3, -0.25) is 0 Å². The molecule has 0 atom stereocenters. The van der Waals surface area contributed by atoms with E-state index >= 15 is 0 Å². The van der Waals surface area contributed by atoms with Gasteiger partial charge in [0.25, 0.3) is 0 Å². The van der Waals surface area contributed by atoms with Crippen LogP contribution in [-0.4, -0.2) is 59.1 Å². The van der Waals surface area contributed by atoms with Gasteiger partial charge >= 0.3 is 6.18 Å². The predicted molar refractivity (Wildman–Crippen MR) is 117 cm³/mol. The number of hydrogen-bond acceptors (Lipinski definition) is 8. The summed E-state index contributed by atoms with van der Waals surface area (Å²) in [7, 11) is -3.23. The van der Waals surface area contributed by atoms with Crippen molar-refractivity contribution in [3.8, 4) is 10.6 Å². The molecular weight excluding hydrogens is 465 g/mol. The van der Waals surface area contributed by atoms with Crippen molar-refractivity contribution >= 4 is 32.4 Å². The number of thiazole rings is 1. The third-order valence-corrected chi connectivity index (χ3v) is 8.04. The predicted octanol–water partition coefficient (Wildman–Crippen LogP) is 3.81. The number of sulfonamides is 1. The molecule has 2 fully saturated rings. The molecule has 1 aliphatic heterocycles. The van der Waals surface area contributed by atoms with Gasteiger partial charge in [0.05, 0.1) is 16.8 Å². The minimum Gasteiger partial charge on any atom is -0.359 e. The van der Waals surface area contributed by atoms with E-state index in [4.69, 9.17) is 0 Å². The van der Waals surface area contributed by atoms with E-state index in [1.165, 1.54) is 22.8 Å². The Hall–Kier alpha value is -1.99. The summed E-state index contributed by atoms with van der Waals surface area (Å²) in [6.45, 7) is 0.749. The van der Waals surface area contributed by atoms with Crippen LogP contribution in [0.1, 0.15) is 44.2 Å². The smallest absolute Gasteiger partial charge is 0.359 e. The molecule has 176 valence electrons. The molecule has 1 saturated heterocycles. The van der Waals surface area contributed by atoms with Crippen molar-refractivity contribution in [2.45, 2.75) is 56.8 Å². The van der Waals surface area contributed by atoms with Crippen LogP contribution in [-0.2, 0) is 16.2 Å². The fourth-order valence-corrected chi connectivity index (χ4v) is 5.97. The van der Waals surface area contributed by atoms with E-state index in [9.17, 15) is 21.6 Å². The molecule has 0 unspecified atom stereocenters. The Morgan fingerprint density at radius 3 is 2.34 bits per heavy atom. The number of hydrogen-bond donors (Lipinski definition) is 2. The number of aromatic nitrogens is 3. The number of nitrogens with one attached hydrogen (secondary N) is 2. The molecule has 0 aromatic carbocycles. The van der Waals surface area contributed by atoms with Crippen LogP contribution in [0.4, 0.5) is 24.3 Å². The first-order valence-corrected chi connectivity index (χ1v) is 13.2. The van der Waals surface area contributed by atoms with E-state index in [2.05, 4.69) is 25.6 Å². The molecule has 13 heteroatoms. The van der Waals surface area contributed by atoms with E-state index in [1.807, 2.05) is 0 Å². The SMILES string of the molecule is CS(=O)(=O)N1CCC(Nc2nccc(-c3sc(NC4CCCC4)nc3C(F)(F)F)n2)CC1. The molecule has 32 heavy (non-hydrogen) atoms. The van der Waals surface area contributed by atoms with Crippen LogP contribution >= 0.6 is 11.3 Å². The third kappa shape index (κ3) is 5.49. The summed E-state index contributed by atoms with van der Waals surface area (Å²) in [5.74, 6) is 0.215. The maximum absolute atomic E-state index is 13.7. The van der Waals surface area contributed by atoms with Gasteiger partial charge < -0.3 is 10.6 Å². The van der Waals surface area contributed by atoms with E-state index in [0.717, 1.165) is 37.0 Å². The van der Waals surface area contributed by atoms with E-state index in [-0.39, 0.29) is 33.7 Å². The minimum absolute atomic E-state index is 0.0460. The van der Waals surface area contributed by atoms with Crippen molar-refractivity contribution < 1.29 is 21.6 Å². The highest BCUT2D eigenvalue weighted by Gasteiger charge is 2.39. The maximum atomic E-state index is 13.7. The van der Waals surface area contributed by atoms with Crippen LogP contribution in [0.15, 0.2) is 12.3 Å². The van der Waals surface area contributed by atoms with Crippen molar-refractivity contribution in [3.05, 3.63) is 18.0 Å². The Kier molecular flexibility index (Phi) is 6.59. The summed E-state index contributed by atoms with van der Waals surface area (Å²) >= 11 is 0.950. The summed E-state index contributed by atoms with van der Waals surface area (Å²) in [6.07, 6.45) is 3.09. The van der Waals surface area contributed by atoms with Gasteiger partial charge in [0.1, 0.15) is 0 Å². The second-order valence-corrected chi connectivity index (χ2v) is 11.1. The fraction of sp³-hybridized carbons (Fsp3) is 0.632. The highest BCUT2D eigenvalue weighted by atomic mass is 32.2. The van der Waals surface area contributed by atoms with Crippen molar-refractivity contribution in [1.29, 1.82) is 0 Å². The standard InChI is InChI=1S/C19H25F3N6O2S2/c1-32(29,30)28-10-7-13(8-11-28)24-17-23-9-6-14(26-17)15-16(19(20,21)22)27-18(31-15)25-12-4-2-3-5-12/h6,9,12-13H,2-5,7-8,10-11H2,1H3,(H,25,27)(H,23,24,26). The summed E-state index contributed by atoms with van der Waals surface area (Å²) in [5, 5.41) is 6.52. The van der Waals surface area contributed by atoms with Crippen LogP contribution in [0.5, 0.6) is 0 Å². The maximum Gasteiger partial charge on any atom is 0.434 e. The summed E-state index contributed by atoms with van der Waals surface area (Å²) in [6, 6.07) is 1.53. The number of anilines is 2. The van der Waals surface area contributed by atoms with Gasteiger partial charge in [-0.25, -0.2) is 27.7 Å². The number of rotatable bonds is 6. The molecule has 8 nitrogen and oxygen atoms in total. The van der Waals surface area contributed by atoms with Crippen LogP contribution in [0.3, 0.4) is 0 Å². The summed E-state index contributed by atoms with van der Waals surface area (Å²) < 4.78 is 65.7. The molecule has 0 spiro atoms. The van der Waals surface area contributed by atoms with Gasteiger partial charge in [-0.1, -0.05) is 24.2 Å². The van der Waals surface area contributed by atoms with E-state index < -0.39 is 21.9 Å². The number of halogens is 3. The minimum atomic E-state index is -4.60. The number of nitrogens with zero attached hydrogens (tertiary/aromatic N) is 4. The average molecular weight is 491 g/mol. The molecule has 3 heterocycles. The Morgan fingerprint density at radius 2 is 1.72 bits per heavy atom. The van der Waals surface area contributed by atoms with Gasteiger partial charge in [0.2, 0.25) is 16.0 Å². The lowest BCUT2D eigenvalue weighted by Gasteiger charge is -2.30. The van der Waals surface area contributed by atoms with Crippen LogP contribution in [0, 0.1) is 0 Å². The molecule has 1 aliphatic carbocycles. The summed E-state index contributed by atoms with van der Waals surface area (Å²) in [4.78, 5) is 12.2. The lowest BCUT2D eigenvalue weighted by Crippen LogP contribution is -2.42. The van der Waals surface area contributed by atoms with Crippen LogP contribution in [0.2, 0.25) is 0 Å². The topological polar surface area (TPSA) is 100 Å². The first-order chi connectivity index (χ1) is 15.1. The van der Waals surface area contributed by atoms with Crippen LogP contribution < -0.4 is 10.6 Å². The molecule has 0 amide bonds. The first kappa shape index (κ1) is 23.2. The zero-order valence-electron chi connectivity index (χ0n) is 17.5. The van der Waals surface area contributed by atoms with E-state index in [1.54, 1.807) is 0 Å². The average Bonchev–Trinajstić information content (AvgIpc) is 3.38. The zero-order chi connectivity index (χ0) is 22.9. The van der Waals surface area contributed by atoms with Crippen molar-refractivity contribution in [3.63, 3.8) is 0 Å². The van der Waals surface area contributed by atoms with E-state index in [0.29, 0.717) is 25.9 Å². The van der Waals surface area contributed by atoms with Gasteiger partial charge in [0, 0.05) is 31.4 Å². The molecule has 2 aromatic rings. The molecule has 2 N–H and O–H groups in total. The third-order valence-electron chi connectivity index (χ3n) is 5.72. The summed E-state index contributed by atoms with van der Waals surface area (Å²) in [5.41, 5.74) is -0.797. The Morgan fingerprint density at radius 1 is 1.06 bits per heavy atom. The molecule has 0 bridgehead atoms. The van der Waals surface area contributed by atoms with Gasteiger partial charge in [-0.05, 0) is 31.7 Å². The first-order valence-electron chi connectivity index (χ1n) is 10.5. The van der Waals surface area contributed by atoms with Crippen molar-refractivity contribution in [2.75, 3.05) is 30.0 Å². The fourth-order valence-electron chi connectivity index (χ4n) is 4.06. The second kappa shape index (κ2) is 9.10.